The summed E-state index contributed by atoms with van der Waals surface area (Å²) in [5.41, 5.74) is 0. The summed E-state index contributed by atoms with van der Waals surface area (Å²) >= 11 is 0. The standard InChI is InChI=1S/C8H17FO/c1-3-6-10-7-4-5-8(2)9/h8H,3-7H2,1-2H3. The fourth-order valence-corrected chi connectivity index (χ4v) is 0.713. The summed E-state index contributed by atoms with van der Waals surface area (Å²) in [5, 5.41) is 0. The van der Waals surface area contributed by atoms with Gasteiger partial charge in [-0.3, -0.25) is 0 Å². The van der Waals surface area contributed by atoms with E-state index in [1.807, 2.05) is 0 Å². The molecule has 0 spiro atoms. The quantitative estimate of drug-likeness (QED) is 0.526. The number of rotatable bonds is 6. The third-order valence-corrected chi connectivity index (χ3v) is 1.24. The van der Waals surface area contributed by atoms with Gasteiger partial charge < -0.3 is 4.74 Å². The highest BCUT2D eigenvalue weighted by Gasteiger charge is 1.96. The van der Waals surface area contributed by atoms with Gasteiger partial charge in [-0.25, -0.2) is 4.39 Å². The van der Waals surface area contributed by atoms with Crippen molar-refractivity contribution in [3.63, 3.8) is 0 Å². The molecule has 0 saturated carbocycles. The molecule has 0 aliphatic heterocycles. The second-order valence-electron chi connectivity index (χ2n) is 2.54. The number of alkyl halides is 1. The zero-order valence-electron chi connectivity index (χ0n) is 6.90. The fourth-order valence-electron chi connectivity index (χ4n) is 0.713. The minimum atomic E-state index is -0.676. The molecule has 10 heavy (non-hydrogen) atoms. The minimum absolute atomic E-state index is 0.629. The van der Waals surface area contributed by atoms with Gasteiger partial charge in [-0.15, -0.1) is 0 Å². The van der Waals surface area contributed by atoms with Gasteiger partial charge in [0, 0.05) is 13.2 Å². The van der Waals surface area contributed by atoms with Crippen molar-refractivity contribution in [3.05, 3.63) is 0 Å². The maximum atomic E-state index is 12.2. The maximum absolute atomic E-state index is 12.2. The molecule has 2 heteroatoms. The normalized spacial score (nSPS) is 13.5. The van der Waals surface area contributed by atoms with E-state index in [-0.39, 0.29) is 0 Å². The summed E-state index contributed by atoms with van der Waals surface area (Å²) in [6, 6.07) is 0. The zero-order valence-corrected chi connectivity index (χ0v) is 6.90. The van der Waals surface area contributed by atoms with Crippen LogP contribution in [0.3, 0.4) is 0 Å². The molecule has 0 fully saturated rings. The highest BCUT2D eigenvalue weighted by Crippen LogP contribution is 2.00. The zero-order chi connectivity index (χ0) is 7.82. The number of ether oxygens (including phenoxy) is 1. The van der Waals surface area contributed by atoms with Crippen molar-refractivity contribution < 1.29 is 9.13 Å². The summed E-state index contributed by atoms with van der Waals surface area (Å²) in [6.07, 6.45) is 1.84. The van der Waals surface area contributed by atoms with Crippen LogP contribution >= 0.6 is 0 Å². The Kier molecular flexibility index (Phi) is 6.93. The second-order valence-corrected chi connectivity index (χ2v) is 2.54. The average molecular weight is 148 g/mol. The first-order chi connectivity index (χ1) is 4.77. The molecule has 0 amide bonds. The Hall–Kier alpha value is -0.110. The number of hydrogen-bond acceptors (Lipinski definition) is 1. The Labute approximate surface area is 62.6 Å². The Morgan fingerprint density at radius 2 is 2.10 bits per heavy atom. The molecule has 0 aromatic rings. The molecule has 0 rings (SSSR count). The molecular formula is C8H17FO. The van der Waals surface area contributed by atoms with E-state index in [1.54, 1.807) is 6.92 Å². The summed E-state index contributed by atoms with van der Waals surface area (Å²) in [7, 11) is 0. The summed E-state index contributed by atoms with van der Waals surface area (Å²) in [6.45, 7) is 5.17. The summed E-state index contributed by atoms with van der Waals surface area (Å²) in [5.74, 6) is 0. The topological polar surface area (TPSA) is 9.23 Å². The average Bonchev–Trinajstić information content (AvgIpc) is 1.87. The van der Waals surface area contributed by atoms with Gasteiger partial charge in [0.15, 0.2) is 0 Å². The van der Waals surface area contributed by atoms with E-state index in [4.69, 9.17) is 4.74 Å². The Morgan fingerprint density at radius 3 is 2.60 bits per heavy atom. The molecule has 0 N–H and O–H groups in total. The largest absolute Gasteiger partial charge is 0.381 e. The van der Waals surface area contributed by atoms with Crippen molar-refractivity contribution in [3.8, 4) is 0 Å². The van der Waals surface area contributed by atoms with Gasteiger partial charge in [0.25, 0.3) is 0 Å². The van der Waals surface area contributed by atoms with Crippen LogP contribution in [0.25, 0.3) is 0 Å². The summed E-state index contributed by atoms with van der Waals surface area (Å²) in [4.78, 5) is 0. The molecule has 1 nitrogen and oxygen atoms in total. The Morgan fingerprint density at radius 1 is 1.40 bits per heavy atom. The van der Waals surface area contributed by atoms with Crippen molar-refractivity contribution in [1.29, 1.82) is 0 Å². The van der Waals surface area contributed by atoms with Crippen LogP contribution in [0.2, 0.25) is 0 Å². The van der Waals surface area contributed by atoms with Gasteiger partial charge in [-0.1, -0.05) is 6.92 Å². The van der Waals surface area contributed by atoms with Crippen molar-refractivity contribution in [1.82, 2.24) is 0 Å². The van der Waals surface area contributed by atoms with Crippen molar-refractivity contribution in [2.75, 3.05) is 13.2 Å². The molecule has 0 aliphatic rings. The van der Waals surface area contributed by atoms with Crippen molar-refractivity contribution >= 4 is 0 Å². The van der Waals surface area contributed by atoms with E-state index in [0.717, 1.165) is 19.4 Å². The Balaban J connectivity index is 2.77. The van der Waals surface area contributed by atoms with Crippen LogP contribution in [-0.2, 0) is 4.74 Å². The smallest absolute Gasteiger partial charge is 0.0974 e. The molecule has 0 aliphatic carbocycles. The highest BCUT2D eigenvalue weighted by molar-refractivity contribution is 4.46. The lowest BCUT2D eigenvalue weighted by molar-refractivity contribution is 0.125. The SMILES string of the molecule is CCCOCCCC(C)F. The van der Waals surface area contributed by atoms with Crippen LogP contribution in [0.4, 0.5) is 4.39 Å². The van der Waals surface area contributed by atoms with Gasteiger partial charge in [0.1, 0.15) is 0 Å². The molecule has 0 aromatic carbocycles. The first-order valence-corrected chi connectivity index (χ1v) is 3.99. The van der Waals surface area contributed by atoms with E-state index in [2.05, 4.69) is 6.92 Å². The molecule has 1 unspecified atom stereocenters. The lowest BCUT2D eigenvalue weighted by Gasteiger charge is -2.02. The van der Waals surface area contributed by atoms with Crippen LogP contribution in [0.1, 0.15) is 33.1 Å². The monoisotopic (exact) mass is 148 g/mol. The van der Waals surface area contributed by atoms with E-state index in [1.165, 1.54) is 0 Å². The predicted molar refractivity (Wildman–Crippen MR) is 40.9 cm³/mol. The van der Waals surface area contributed by atoms with E-state index in [9.17, 15) is 4.39 Å². The van der Waals surface area contributed by atoms with Crippen molar-refractivity contribution in [2.45, 2.75) is 39.3 Å². The molecule has 1 atom stereocenters. The lowest BCUT2D eigenvalue weighted by atomic mass is 10.2. The van der Waals surface area contributed by atoms with Crippen LogP contribution in [0.15, 0.2) is 0 Å². The minimum Gasteiger partial charge on any atom is -0.381 e. The molecule has 0 aromatic heterocycles. The van der Waals surface area contributed by atoms with E-state index < -0.39 is 6.17 Å². The van der Waals surface area contributed by atoms with Gasteiger partial charge in [-0.2, -0.15) is 0 Å². The van der Waals surface area contributed by atoms with Gasteiger partial charge >= 0.3 is 0 Å². The second kappa shape index (κ2) is 7.00. The van der Waals surface area contributed by atoms with Crippen LogP contribution in [0, 0.1) is 0 Å². The van der Waals surface area contributed by atoms with E-state index >= 15 is 0 Å². The van der Waals surface area contributed by atoms with Crippen LogP contribution in [0.5, 0.6) is 0 Å². The predicted octanol–water partition coefficient (Wildman–Crippen LogP) is 2.55. The molecule has 0 radical (unpaired) electrons. The molecule has 62 valence electrons. The van der Waals surface area contributed by atoms with Crippen molar-refractivity contribution in [2.24, 2.45) is 0 Å². The third kappa shape index (κ3) is 7.89. The molecule has 0 heterocycles. The fraction of sp³-hybridized carbons (Fsp3) is 1.00. The lowest BCUT2D eigenvalue weighted by Crippen LogP contribution is -1.99. The Bertz CT molecular complexity index is 64.3. The highest BCUT2D eigenvalue weighted by atomic mass is 19.1. The maximum Gasteiger partial charge on any atom is 0.0974 e. The van der Waals surface area contributed by atoms with Crippen LogP contribution in [-0.4, -0.2) is 19.4 Å². The first kappa shape index (κ1) is 9.89. The molecule has 0 saturated heterocycles. The summed E-state index contributed by atoms with van der Waals surface area (Å²) < 4.78 is 17.3. The number of halogens is 1. The number of hydrogen-bond donors (Lipinski definition) is 0. The first-order valence-electron chi connectivity index (χ1n) is 3.99. The third-order valence-electron chi connectivity index (χ3n) is 1.24. The van der Waals surface area contributed by atoms with Gasteiger partial charge in [0.2, 0.25) is 0 Å². The van der Waals surface area contributed by atoms with E-state index in [0.29, 0.717) is 13.0 Å². The van der Waals surface area contributed by atoms with Gasteiger partial charge in [0.05, 0.1) is 6.17 Å². The molecular weight excluding hydrogens is 131 g/mol. The van der Waals surface area contributed by atoms with Gasteiger partial charge in [-0.05, 0) is 26.2 Å². The van der Waals surface area contributed by atoms with Crippen LogP contribution < -0.4 is 0 Å². The molecule has 0 bridgehead atoms.